The summed E-state index contributed by atoms with van der Waals surface area (Å²) in [4.78, 5) is 5.53. The molecule has 2 N–H and O–H groups in total. The average molecular weight is 257 g/mol. The summed E-state index contributed by atoms with van der Waals surface area (Å²) in [6, 6.07) is 0.769. The van der Waals surface area contributed by atoms with Crippen LogP contribution in [-0.4, -0.2) is 29.8 Å². The van der Waals surface area contributed by atoms with E-state index in [0.29, 0.717) is 13.1 Å². The molecule has 1 aliphatic rings. The van der Waals surface area contributed by atoms with Crippen LogP contribution in [0.1, 0.15) is 20.8 Å². The smallest absolute Gasteiger partial charge is 0.168 e. The fraction of sp³-hybridized carbons (Fsp3) is 0.583. The molecule has 1 aliphatic heterocycles. The number of ether oxygens (including phenoxy) is 1. The van der Waals surface area contributed by atoms with Crippen LogP contribution < -0.4 is 10.6 Å². The van der Waals surface area contributed by atoms with E-state index in [2.05, 4.69) is 4.98 Å². The predicted molar refractivity (Wildman–Crippen MR) is 65.4 cm³/mol. The molecule has 0 aromatic carbocycles. The van der Waals surface area contributed by atoms with E-state index in [4.69, 9.17) is 10.5 Å². The van der Waals surface area contributed by atoms with Crippen molar-refractivity contribution in [1.82, 2.24) is 4.98 Å². The summed E-state index contributed by atoms with van der Waals surface area (Å²) in [5.41, 5.74) is 4.98. The highest BCUT2D eigenvalue weighted by Crippen LogP contribution is 2.27. The maximum atomic E-state index is 13.8. The first-order chi connectivity index (χ1) is 8.28. The van der Waals surface area contributed by atoms with Crippen LogP contribution >= 0.6 is 0 Å². The third-order valence-electron chi connectivity index (χ3n) is 2.81. The summed E-state index contributed by atoms with van der Waals surface area (Å²) < 4.78 is 32.6. The Morgan fingerprint density at radius 2 is 2.11 bits per heavy atom. The Morgan fingerprint density at radius 3 is 2.72 bits per heavy atom. The summed E-state index contributed by atoms with van der Waals surface area (Å²) in [6.45, 7) is 6.71. The fourth-order valence-electron chi connectivity index (χ4n) is 2.31. The van der Waals surface area contributed by atoms with E-state index in [-0.39, 0.29) is 17.7 Å². The highest BCUT2D eigenvalue weighted by Gasteiger charge is 2.33. The highest BCUT2D eigenvalue weighted by atomic mass is 19.1. The molecule has 0 radical (unpaired) electrons. The van der Waals surface area contributed by atoms with Gasteiger partial charge in [-0.2, -0.15) is 0 Å². The lowest BCUT2D eigenvalue weighted by atomic mass is 10.1. The van der Waals surface area contributed by atoms with Crippen LogP contribution in [0.5, 0.6) is 0 Å². The van der Waals surface area contributed by atoms with Crippen molar-refractivity contribution >= 4 is 11.6 Å². The van der Waals surface area contributed by atoms with Gasteiger partial charge < -0.3 is 15.4 Å². The highest BCUT2D eigenvalue weighted by molar-refractivity contribution is 5.47. The Labute approximate surface area is 105 Å². The molecule has 1 aromatic rings. The quantitative estimate of drug-likeness (QED) is 0.835. The standard InChI is InChI=1S/C12H17F2N3O/c1-7-5-17(6-12(2,3)18-7)11-9(14)4-8(13)10(15)16-11/h4,7H,5-6H2,1-3H3,(H2,15,16). The minimum Gasteiger partial charge on any atom is -0.381 e. The number of aromatic nitrogens is 1. The molecule has 0 spiro atoms. The van der Waals surface area contributed by atoms with Crippen LogP contribution in [0.25, 0.3) is 0 Å². The van der Waals surface area contributed by atoms with Crippen molar-refractivity contribution in [3.8, 4) is 0 Å². The van der Waals surface area contributed by atoms with Crippen molar-refractivity contribution in [1.29, 1.82) is 0 Å². The van der Waals surface area contributed by atoms with Crippen molar-refractivity contribution in [3.63, 3.8) is 0 Å². The van der Waals surface area contributed by atoms with Crippen LogP contribution in [0.3, 0.4) is 0 Å². The van der Waals surface area contributed by atoms with Gasteiger partial charge in [0.2, 0.25) is 0 Å². The SMILES string of the molecule is CC1CN(c2nc(N)c(F)cc2F)CC(C)(C)O1. The molecule has 0 amide bonds. The first kappa shape index (κ1) is 13.0. The van der Waals surface area contributed by atoms with Gasteiger partial charge in [-0.3, -0.25) is 0 Å². The van der Waals surface area contributed by atoms with Gasteiger partial charge >= 0.3 is 0 Å². The van der Waals surface area contributed by atoms with Gasteiger partial charge in [0, 0.05) is 19.2 Å². The molecule has 1 saturated heterocycles. The second-order valence-electron chi connectivity index (χ2n) is 5.23. The summed E-state index contributed by atoms with van der Waals surface area (Å²) in [5.74, 6) is -1.75. The molecule has 1 aromatic heterocycles. The van der Waals surface area contributed by atoms with E-state index in [1.807, 2.05) is 20.8 Å². The Balaban J connectivity index is 2.34. The molecular weight excluding hydrogens is 240 g/mol. The van der Waals surface area contributed by atoms with Gasteiger partial charge in [-0.25, -0.2) is 13.8 Å². The second-order valence-corrected chi connectivity index (χ2v) is 5.23. The van der Waals surface area contributed by atoms with E-state index >= 15 is 0 Å². The van der Waals surface area contributed by atoms with Crippen LogP contribution in [0.2, 0.25) is 0 Å². The third kappa shape index (κ3) is 2.53. The molecule has 18 heavy (non-hydrogen) atoms. The zero-order chi connectivity index (χ0) is 13.5. The zero-order valence-electron chi connectivity index (χ0n) is 10.7. The Hall–Kier alpha value is -1.43. The van der Waals surface area contributed by atoms with Crippen molar-refractivity contribution in [3.05, 3.63) is 17.7 Å². The van der Waals surface area contributed by atoms with E-state index in [0.717, 1.165) is 6.07 Å². The van der Waals surface area contributed by atoms with Crippen molar-refractivity contribution < 1.29 is 13.5 Å². The molecule has 6 heteroatoms. The number of nitrogens with two attached hydrogens (primary N) is 1. The first-order valence-corrected chi connectivity index (χ1v) is 5.83. The number of pyridine rings is 1. The van der Waals surface area contributed by atoms with E-state index < -0.39 is 17.2 Å². The Kier molecular flexibility index (Phi) is 3.14. The molecule has 2 rings (SSSR count). The monoisotopic (exact) mass is 257 g/mol. The minimum absolute atomic E-state index is 0.0544. The maximum Gasteiger partial charge on any atom is 0.168 e. The van der Waals surface area contributed by atoms with Crippen molar-refractivity contribution in [2.75, 3.05) is 23.7 Å². The van der Waals surface area contributed by atoms with Gasteiger partial charge in [0.05, 0.1) is 11.7 Å². The molecule has 1 fully saturated rings. The van der Waals surface area contributed by atoms with E-state index in [1.54, 1.807) is 4.90 Å². The number of nitrogen functional groups attached to an aromatic ring is 1. The Morgan fingerprint density at radius 1 is 1.44 bits per heavy atom. The lowest BCUT2D eigenvalue weighted by Crippen LogP contribution is -2.52. The van der Waals surface area contributed by atoms with Gasteiger partial charge in [-0.15, -0.1) is 0 Å². The second kappa shape index (κ2) is 4.35. The number of nitrogens with zero attached hydrogens (tertiary/aromatic N) is 2. The van der Waals surface area contributed by atoms with Crippen LogP contribution in [0.15, 0.2) is 6.07 Å². The molecule has 0 aliphatic carbocycles. The predicted octanol–water partition coefficient (Wildman–Crippen LogP) is 1.95. The third-order valence-corrected chi connectivity index (χ3v) is 2.81. The van der Waals surface area contributed by atoms with E-state index in [9.17, 15) is 8.78 Å². The fourth-order valence-corrected chi connectivity index (χ4v) is 2.31. The molecule has 1 atom stereocenters. The summed E-state index contributed by atoms with van der Waals surface area (Å²) in [7, 11) is 0. The summed E-state index contributed by atoms with van der Waals surface area (Å²) in [6.07, 6.45) is -0.0544. The number of anilines is 2. The summed E-state index contributed by atoms with van der Waals surface area (Å²) >= 11 is 0. The summed E-state index contributed by atoms with van der Waals surface area (Å²) in [5, 5.41) is 0. The van der Waals surface area contributed by atoms with E-state index in [1.165, 1.54) is 0 Å². The lowest BCUT2D eigenvalue weighted by molar-refractivity contribution is -0.0753. The number of hydrogen-bond acceptors (Lipinski definition) is 4. The molecule has 0 saturated carbocycles. The van der Waals surface area contributed by atoms with Crippen LogP contribution in [0.4, 0.5) is 20.4 Å². The molecule has 100 valence electrons. The number of halogens is 2. The first-order valence-electron chi connectivity index (χ1n) is 5.83. The zero-order valence-corrected chi connectivity index (χ0v) is 10.7. The molecule has 4 nitrogen and oxygen atoms in total. The van der Waals surface area contributed by atoms with Gasteiger partial charge in [-0.05, 0) is 20.8 Å². The van der Waals surface area contributed by atoms with Gasteiger partial charge in [0.1, 0.15) is 0 Å². The van der Waals surface area contributed by atoms with Gasteiger partial charge in [0.15, 0.2) is 23.3 Å². The van der Waals surface area contributed by atoms with Gasteiger partial charge in [-0.1, -0.05) is 0 Å². The largest absolute Gasteiger partial charge is 0.381 e. The number of hydrogen-bond donors (Lipinski definition) is 1. The van der Waals surface area contributed by atoms with Crippen molar-refractivity contribution in [2.45, 2.75) is 32.5 Å². The molecule has 2 heterocycles. The molecular formula is C12H17F2N3O. The number of rotatable bonds is 1. The van der Waals surface area contributed by atoms with Crippen molar-refractivity contribution in [2.24, 2.45) is 0 Å². The average Bonchev–Trinajstić information content (AvgIpc) is 2.20. The maximum absolute atomic E-state index is 13.8. The lowest BCUT2D eigenvalue weighted by Gasteiger charge is -2.42. The van der Waals surface area contributed by atoms with Gasteiger partial charge in [0.25, 0.3) is 0 Å². The number of morpholine rings is 1. The van der Waals surface area contributed by atoms with Crippen LogP contribution in [0, 0.1) is 11.6 Å². The van der Waals surface area contributed by atoms with Crippen LogP contribution in [-0.2, 0) is 4.74 Å². The molecule has 1 unspecified atom stereocenters. The molecule has 0 bridgehead atoms. The topological polar surface area (TPSA) is 51.4 Å². The normalized spacial score (nSPS) is 23.2. The minimum atomic E-state index is -0.836. The Bertz CT molecular complexity index is 465.